The molecule has 0 bridgehead atoms. The summed E-state index contributed by atoms with van der Waals surface area (Å²) in [6, 6.07) is 13.3. The molecule has 6 heteroatoms. The minimum Gasteiger partial charge on any atom is -0.497 e. The number of likely N-dealkylation sites (tertiary alicyclic amines) is 1. The molecule has 1 fully saturated rings. The summed E-state index contributed by atoms with van der Waals surface area (Å²) in [6.07, 6.45) is 2.14. The van der Waals surface area contributed by atoms with E-state index in [-0.39, 0.29) is 5.91 Å². The molecule has 1 saturated heterocycles. The monoisotopic (exact) mass is 350 g/mol. The topological polar surface area (TPSA) is 60.2 Å². The van der Waals surface area contributed by atoms with E-state index < -0.39 is 0 Å². The van der Waals surface area contributed by atoms with Crippen LogP contribution in [0.5, 0.6) is 5.75 Å². The minimum atomic E-state index is 0.0813. The van der Waals surface area contributed by atoms with Gasteiger partial charge in [-0.2, -0.15) is 0 Å². The van der Waals surface area contributed by atoms with Crippen LogP contribution in [0, 0.1) is 5.92 Å². The lowest BCUT2D eigenvalue weighted by molar-refractivity contribution is 0.0697. The predicted octanol–water partition coefficient (Wildman–Crippen LogP) is 3.30. The lowest BCUT2D eigenvalue weighted by atomic mass is 9.98. The van der Waals surface area contributed by atoms with Gasteiger partial charge in [0, 0.05) is 18.7 Å². The molecule has 1 aliphatic heterocycles. The van der Waals surface area contributed by atoms with Crippen molar-refractivity contribution in [2.45, 2.75) is 19.8 Å². The van der Waals surface area contributed by atoms with E-state index in [0.717, 1.165) is 48.4 Å². The molecule has 0 atom stereocenters. The first-order valence-corrected chi connectivity index (χ1v) is 8.95. The van der Waals surface area contributed by atoms with E-state index >= 15 is 0 Å². The minimum absolute atomic E-state index is 0.0813. The molecule has 2 heterocycles. The lowest BCUT2D eigenvalue weighted by Gasteiger charge is -2.30. The van der Waals surface area contributed by atoms with Crippen LogP contribution in [-0.2, 0) is 0 Å². The number of hydrogen-bond donors (Lipinski definition) is 0. The summed E-state index contributed by atoms with van der Waals surface area (Å²) in [7, 11) is 1.64. The van der Waals surface area contributed by atoms with Crippen molar-refractivity contribution in [3.63, 3.8) is 0 Å². The molecular formula is C20H22N4O2. The normalized spacial score (nSPS) is 15.4. The second-order valence-corrected chi connectivity index (χ2v) is 6.88. The largest absolute Gasteiger partial charge is 0.497 e. The number of carbonyl (C=O) groups excluding carboxylic acids is 1. The molecule has 0 unspecified atom stereocenters. The number of hydrogen-bond acceptors (Lipinski definition) is 4. The zero-order chi connectivity index (χ0) is 18.1. The Hall–Kier alpha value is -2.89. The summed E-state index contributed by atoms with van der Waals surface area (Å²) in [5.41, 5.74) is 3.17. The average molecular weight is 350 g/mol. The van der Waals surface area contributed by atoms with Crippen LogP contribution < -0.4 is 4.74 Å². The van der Waals surface area contributed by atoms with Crippen LogP contribution in [0.4, 0.5) is 0 Å². The van der Waals surface area contributed by atoms with Gasteiger partial charge in [-0.3, -0.25) is 4.79 Å². The number of fused-ring (bicyclic) bond motifs is 1. The third-order valence-corrected chi connectivity index (χ3v) is 5.08. The van der Waals surface area contributed by atoms with Crippen LogP contribution in [0.2, 0.25) is 0 Å². The van der Waals surface area contributed by atoms with Gasteiger partial charge in [0.25, 0.3) is 5.91 Å². The number of aromatic nitrogens is 3. The highest BCUT2D eigenvalue weighted by molar-refractivity contribution is 5.97. The van der Waals surface area contributed by atoms with E-state index in [2.05, 4.69) is 17.2 Å². The highest BCUT2D eigenvalue weighted by Crippen LogP contribution is 2.22. The summed E-state index contributed by atoms with van der Waals surface area (Å²) in [5, 5.41) is 8.49. The first-order valence-electron chi connectivity index (χ1n) is 8.95. The van der Waals surface area contributed by atoms with Gasteiger partial charge < -0.3 is 9.64 Å². The van der Waals surface area contributed by atoms with Crippen molar-refractivity contribution in [1.82, 2.24) is 19.9 Å². The number of benzene rings is 2. The summed E-state index contributed by atoms with van der Waals surface area (Å²) < 4.78 is 6.96. The third kappa shape index (κ3) is 3.03. The highest BCUT2D eigenvalue weighted by Gasteiger charge is 2.22. The number of amides is 1. The first kappa shape index (κ1) is 16.6. The number of piperidine rings is 1. The van der Waals surface area contributed by atoms with Crippen molar-refractivity contribution < 1.29 is 9.53 Å². The maximum atomic E-state index is 12.8. The summed E-state index contributed by atoms with van der Waals surface area (Å²) >= 11 is 0. The summed E-state index contributed by atoms with van der Waals surface area (Å²) in [5.74, 6) is 1.57. The molecule has 6 nitrogen and oxygen atoms in total. The fourth-order valence-corrected chi connectivity index (χ4v) is 3.37. The standard InChI is InChI=1S/C20H22N4O2/c1-14-9-11-23(12-10-14)20(25)15-3-8-19-18(13-15)21-22-24(19)16-4-6-17(26-2)7-5-16/h3-8,13-14H,9-12H2,1-2H3. The number of carbonyl (C=O) groups is 1. The van der Waals surface area contributed by atoms with Crippen LogP contribution in [0.15, 0.2) is 42.5 Å². The Labute approximate surface area is 152 Å². The number of methoxy groups -OCH3 is 1. The Morgan fingerprint density at radius 3 is 2.54 bits per heavy atom. The Bertz CT molecular complexity index is 925. The summed E-state index contributed by atoms with van der Waals surface area (Å²) in [6.45, 7) is 3.90. The quantitative estimate of drug-likeness (QED) is 0.727. The molecule has 1 amide bonds. The van der Waals surface area contributed by atoms with E-state index in [1.165, 1.54) is 0 Å². The molecule has 0 N–H and O–H groups in total. The molecule has 134 valence electrons. The van der Waals surface area contributed by atoms with Crippen LogP contribution in [0.25, 0.3) is 16.7 Å². The molecular weight excluding hydrogens is 328 g/mol. The Morgan fingerprint density at radius 1 is 1.12 bits per heavy atom. The molecule has 3 aromatic rings. The van der Waals surface area contributed by atoms with Gasteiger partial charge in [-0.1, -0.05) is 12.1 Å². The molecule has 0 saturated carbocycles. The van der Waals surface area contributed by atoms with Gasteiger partial charge in [-0.05, 0) is 61.2 Å². The Kier molecular flexibility index (Phi) is 4.32. The van der Waals surface area contributed by atoms with Gasteiger partial charge >= 0.3 is 0 Å². The van der Waals surface area contributed by atoms with Gasteiger partial charge in [0.15, 0.2) is 0 Å². The second kappa shape index (κ2) is 6.78. The van der Waals surface area contributed by atoms with Gasteiger partial charge in [0.05, 0.1) is 18.3 Å². The summed E-state index contributed by atoms with van der Waals surface area (Å²) in [4.78, 5) is 14.7. The molecule has 2 aromatic carbocycles. The molecule has 0 radical (unpaired) electrons. The van der Waals surface area contributed by atoms with Gasteiger partial charge in [-0.15, -0.1) is 5.10 Å². The molecule has 4 rings (SSSR count). The van der Waals surface area contributed by atoms with E-state index in [1.54, 1.807) is 11.8 Å². The van der Waals surface area contributed by atoms with Crippen molar-refractivity contribution in [3.8, 4) is 11.4 Å². The Balaban J connectivity index is 1.61. The second-order valence-electron chi connectivity index (χ2n) is 6.88. The Morgan fingerprint density at radius 2 is 1.85 bits per heavy atom. The fourth-order valence-electron chi connectivity index (χ4n) is 3.37. The van der Waals surface area contributed by atoms with Gasteiger partial charge in [0.1, 0.15) is 11.3 Å². The van der Waals surface area contributed by atoms with Crippen molar-refractivity contribution in [1.29, 1.82) is 0 Å². The molecule has 26 heavy (non-hydrogen) atoms. The average Bonchev–Trinajstić information content (AvgIpc) is 3.11. The molecule has 0 aliphatic carbocycles. The van der Waals surface area contributed by atoms with Crippen molar-refractivity contribution in [2.75, 3.05) is 20.2 Å². The van der Waals surface area contributed by atoms with Gasteiger partial charge in [0.2, 0.25) is 0 Å². The van der Waals surface area contributed by atoms with E-state index in [0.29, 0.717) is 11.5 Å². The molecule has 1 aromatic heterocycles. The zero-order valence-electron chi connectivity index (χ0n) is 15.1. The maximum absolute atomic E-state index is 12.8. The van der Waals surface area contributed by atoms with Gasteiger partial charge in [-0.25, -0.2) is 4.68 Å². The van der Waals surface area contributed by atoms with Crippen LogP contribution in [0.1, 0.15) is 30.1 Å². The smallest absolute Gasteiger partial charge is 0.253 e. The number of nitrogens with zero attached hydrogens (tertiary/aromatic N) is 4. The third-order valence-electron chi connectivity index (χ3n) is 5.08. The zero-order valence-corrected chi connectivity index (χ0v) is 15.1. The van der Waals surface area contributed by atoms with E-state index in [1.807, 2.05) is 47.4 Å². The van der Waals surface area contributed by atoms with Crippen LogP contribution in [0.3, 0.4) is 0 Å². The predicted molar refractivity (Wildman–Crippen MR) is 99.7 cm³/mol. The highest BCUT2D eigenvalue weighted by atomic mass is 16.5. The SMILES string of the molecule is COc1ccc(-n2nnc3cc(C(=O)N4CCC(C)CC4)ccc32)cc1. The number of ether oxygens (including phenoxy) is 1. The number of rotatable bonds is 3. The van der Waals surface area contributed by atoms with E-state index in [9.17, 15) is 4.79 Å². The maximum Gasteiger partial charge on any atom is 0.253 e. The van der Waals surface area contributed by atoms with E-state index in [4.69, 9.17) is 4.74 Å². The van der Waals surface area contributed by atoms with Crippen molar-refractivity contribution in [3.05, 3.63) is 48.0 Å². The van der Waals surface area contributed by atoms with Crippen LogP contribution in [-0.4, -0.2) is 46.0 Å². The molecule has 1 aliphatic rings. The lowest BCUT2D eigenvalue weighted by Crippen LogP contribution is -2.37. The molecule has 0 spiro atoms. The fraction of sp³-hybridized carbons (Fsp3) is 0.350. The van der Waals surface area contributed by atoms with Crippen molar-refractivity contribution >= 4 is 16.9 Å². The van der Waals surface area contributed by atoms with Crippen LogP contribution >= 0.6 is 0 Å². The van der Waals surface area contributed by atoms with Crippen molar-refractivity contribution in [2.24, 2.45) is 5.92 Å². The first-order chi connectivity index (χ1) is 12.7.